The van der Waals surface area contributed by atoms with Crippen LogP contribution in [0.1, 0.15) is 31.9 Å². The Morgan fingerprint density at radius 1 is 1.07 bits per heavy atom. The Hall–Kier alpha value is -2.24. The van der Waals surface area contributed by atoms with Crippen LogP contribution < -0.4 is 0 Å². The first-order valence-electron chi connectivity index (χ1n) is 8.97. The molecule has 4 nitrogen and oxygen atoms in total. The summed E-state index contributed by atoms with van der Waals surface area (Å²) in [6.45, 7) is 6.48. The number of amides is 1. The summed E-state index contributed by atoms with van der Waals surface area (Å²) in [5, 5.41) is 6.19. The molecule has 0 aromatic heterocycles. The molecule has 1 aliphatic heterocycles. The van der Waals surface area contributed by atoms with E-state index in [-0.39, 0.29) is 17.1 Å². The fourth-order valence-electron chi connectivity index (χ4n) is 2.87. The van der Waals surface area contributed by atoms with Crippen molar-refractivity contribution in [3.63, 3.8) is 0 Å². The molecule has 0 saturated heterocycles. The van der Waals surface area contributed by atoms with Crippen LogP contribution in [0.5, 0.6) is 0 Å². The van der Waals surface area contributed by atoms with Crippen LogP contribution >= 0.6 is 11.6 Å². The lowest BCUT2D eigenvalue weighted by atomic mass is 9.86. The van der Waals surface area contributed by atoms with Crippen molar-refractivity contribution < 1.29 is 9.00 Å². The van der Waals surface area contributed by atoms with Crippen molar-refractivity contribution in [3.05, 3.63) is 70.3 Å². The van der Waals surface area contributed by atoms with Crippen LogP contribution in [0, 0.1) is 0 Å². The van der Waals surface area contributed by atoms with E-state index in [1.54, 1.807) is 31.3 Å². The van der Waals surface area contributed by atoms with Crippen LogP contribution in [-0.2, 0) is 21.0 Å². The molecule has 1 amide bonds. The van der Waals surface area contributed by atoms with Gasteiger partial charge in [-0.15, -0.1) is 0 Å². The first-order chi connectivity index (χ1) is 13.1. The lowest BCUT2D eigenvalue weighted by Gasteiger charge is -2.18. The number of carbonyl (C=O) groups excluding carboxylic acids is 1. The van der Waals surface area contributed by atoms with Gasteiger partial charge in [0.1, 0.15) is 0 Å². The van der Waals surface area contributed by atoms with E-state index < -0.39 is 10.8 Å². The molecule has 1 heterocycles. The zero-order valence-electron chi connectivity index (χ0n) is 16.4. The van der Waals surface area contributed by atoms with Gasteiger partial charge in [0.2, 0.25) is 0 Å². The van der Waals surface area contributed by atoms with E-state index in [9.17, 15) is 9.00 Å². The molecule has 146 valence electrons. The maximum absolute atomic E-state index is 12.7. The highest BCUT2D eigenvalue weighted by molar-refractivity contribution is 7.85. The van der Waals surface area contributed by atoms with E-state index in [1.807, 2.05) is 18.2 Å². The van der Waals surface area contributed by atoms with Gasteiger partial charge in [0.05, 0.1) is 27.8 Å². The molecule has 6 heteroatoms. The first kappa shape index (κ1) is 20.5. The number of benzene rings is 2. The number of nitrogens with zero attached hydrogens (tertiary/aromatic N) is 2. The van der Waals surface area contributed by atoms with Crippen molar-refractivity contribution >= 4 is 40.1 Å². The molecular weight excluding hydrogens is 392 g/mol. The number of hydrazone groups is 1. The zero-order valence-corrected chi connectivity index (χ0v) is 18.0. The Balaban J connectivity index is 1.85. The molecule has 0 N–H and O–H groups in total. The number of carbonyl (C=O) groups is 1. The van der Waals surface area contributed by atoms with Crippen molar-refractivity contribution in [3.8, 4) is 0 Å². The van der Waals surface area contributed by atoms with Gasteiger partial charge < -0.3 is 0 Å². The van der Waals surface area contributed by atoms with E-state index in [2.05, 4.69) is 38.0 Å². The summed E-state index contributed by atoms with van der Waals surface area (Å²) in [5.41, 5.74) is 3.21. The summed E-state index contributed by atoms with van der Waals surface area (Å²) < 4.78 is 12.7. The number of halogens is 1. The lowest BCUT2D eigenvalue weighted by molar-refractivity contribution is -0.124. The van der Waals surface area contributed by atoms with Gasteiger partial charge in [-0.05, 0) is 46.9 Å². The Kier molecular flexibility index (Phi) is 5.87. The first-order valence-corrected chi connectivity index (χ1v) is 10.7. The maximum atomic E-state index is 12.7. The molecule has 3 rings (SSSR count). The Bertz CT molecular complexity index is 971. The van der Waals surface area contributed by atoms with Crippen LogP contribution in [0.2, 0.25) is 5.02 Å². The van der Waals surface area contributed by atoms with Crippen LogP contribution in [0.25, 0.3) is 6.08 Å². The fraction of sp³-hybridized carbons (Fsp3) is 0.273. The van der Waals surface area contributed by atoms with Crippen molar-refractivity contribution in [2.24, 2.45) is 5.10 Å². The van der Waals surface area contributed by atoms with Gasteiger partial charge in [0.15, 0.2) is 0 Å². The van der Waals surface area contributed by atoms with E-state index in [1.165, 1.54) is 10.6 Å². The minimum absolute atomic E-state index is 0.0666. The van der Waals surface area contributed by atoms with E-state index in [0.717, 1.165) is 5.56 Å². The Labute approximate surface area is 173 Å². The number of hydrogen-bond acceptors (Lipinski definition) is 3. The normalized spacial score (nSPS) is 17.2. The van der Waals surface area contributed by atoms with Crippen LogP contribution in [0.4, 0.5) is 0 Å². The quantitative estimate of drug-likeness (QED) is 0.683. The predicted molar refractivity (Wildman–Crippen MR) is 116 cm³/mol. The lowest BCUT2D eigenvalue weighted by Crippen LogP contribution is -2.18. The SMILES string of the molecule is CN1N=C(CS(=O)c2ccc(Cl)cc2)/C(=C\c2ccc(C(C)(C)C)cc2)C1=O. The molecule has 1 unspecified atom stereocenters. The summed E-state index contributed by atoms with van der Waals surface area (Å²) in [6, 6.07) is 15.0. The average Bonchev–Trinajstić information content (AvgIpc) is 2.89. The molecule has 2 aromatic rings. The van der Waals surface area contributed by atoms with Gasteiger partial charge >= 0.3 is 0 Å². The van der Waals surface area contributed by atoms with Gasteiger partial charge in [0.25, 0.3) is 5.91 Å². The second-order valence-electron chi connectivity index (χ2n) is 7.75. The molecule has 28 heavy (non-hydrogen) atoms. The molecule has 2 aromatic carbocycles. The Morgan fingerprint density at radius 3 is 2.25 bits per heavy atom. The fourth-order valence-corrected chi connectivity index (χ4v) is 4.06. The average molecular weight is 415 g/mol. The monoisotopic (exact) mass is 414 g/mol. The van der Waals surface area contributed by atoms with Crippen molar-refractivity contribution in [2.45, 2.75) is 31.1 Å². The van der Waals surface area contributed by atoms with E-state index in [4.69, 9.17) is 11.6 Å². The molecule has 0 bridgehead atoms. The molecule has 0 fully saturated rings. The Morgan fingerprint density at radius 2 is 1.68 bits per heavy atom. The third-order valence-corrected chi connectivity index (χ3v) is 6.12. The topological polar surface area (TPSA) is 49.7 Å². The van der Waals surface area contributed by atoms with Gasteiger partial charge in [-0.2, -0.15) is 5.10 Å². The number of rotatable bonds is 4. The summed E-state index contributed by atoms with van der Waals surface area (Å²) in [4.78, 5) is 13.2. The molecule has 0 spiro atoms. The highest BCUT2D eigenvalue weighted by Crippen LogP contribution is 2.24. The van der Waals surface area contributed by atoms with E-state index in [0.29, 0.717) is 21.2 Å². The van der Waals surface area contributed by atoms with Gasteiger partial charge in [0, 0.05) is 17.0 Å². The standard InChI is InChI=1S/C22H23ClN2O2S/c1-22(2,3)16-7-5-15(6-8-16)13-19-20(24-25(4)21(19)26)14-28(27)18-11-9-17(23)10-12-18/h5-13H,14H2,1-4H3/b19-13+. The molecule has 1 aliphatic rings. The van der Waals surface area contributed by atoms with Crippen molar-refractivity contribution in [1.29, 1.82) is 0 Å². The maximum Gasteiger partial charge on any atom is 0.275 e. The molecule has 0 radical (unpaired) electrons. The number of likely N-dealkylation sites (N-methyl/N-ethyl adjacent to an activating group) is 1. The van der Waals surface area contributed by atoms with Crippen molar-refractivity contribution in [1.82, 2.24) is 5.01 Å². The molecule has 0 aliphatic carbocycles. The predicted octanol–water partition coefficient (Wildman–Crippen LogP) is 4.66. The summed E-state index contributed by atoms with van der Waals surface area (Å²) in [5.74, 6) is -0.0214. The highest BCUT2D eigenvalue weighted by atomic mass is 35.5. The van der Waals surface area contributed by atoms with Crippen molar-refractivity contribution in [2.75, 3.05) is 12.8 Å². The minimum atomic E-state index is -1.31. The molecule has 1 atom stereocenters. The van der Waals surface area contributed by atoms with Gasteiger partial charge in [-0.25, -0.2) is 5.01 Å². The molecular formula is C22H23ClN2O2S. The highest BCUT2D eigenvalue weighted by Gasteiger charge is 2.28. The smallest absolute Gasteiger partial charge is 0.267 e. The zero-order chi connectivity index (χ0) is 20.5. The summed E-state index contributed by atoms with van der Waals surface area (Å²) in [6.07, 6.45) is 1.82. The minimum Gasteiger partial charge on any atom is -0.267 e. The second kappa shape index (κ2) is 8.02. The summed E-state index contributed by atoms with van der Waals surface area (Å²) >= 11 is 5.89. The largest absolute Gasteiger partial charge is 0.275 e. The van der Waals surface area contributed by atoms with Crippen LogP contribution in [0.15, 0.2) is 64.1 Å². The van der Waals surface area contributed by atoms with Crippen LogP contribution in [-0.4, -0.2) is 33.6 Å². The third kappa shape index (κ3) is 4.59. The molecule has 0 saturated carbocycles. The summed E-state index contributed by atoms with van der Waals surface area (Å²) in [7, 11) is 0.294. The van der Waals surface area contributed by atoms with E-state index >= 15 is 0 Å². The second-order valence-corrected chi connectivity index (χ2v) is 9.64. The van der Waals surface area contributed by atoms with Gasteiger partial charge in [-0.1, -0.05) is 56.6 Å². The van der Waals surface area contributed by atoms with Gasteiger partial charge in [-0.3, -0.25) is 9.00 Å². The third-order valence-electron chi connectivity index (χ3n) is 4.54. The number of hydrogen-bond donors (Lipinski definition) is 0. The van der Waals surface area contributed by atoms with Crippen LogP contribution in [0.3, 0.4) is 0 Å².